The van der Waals surface area contributed by atoms with Crippen molar-refractivity contribution < 1.29 is 44.3 Å². The third kappa shape index (κ3) is 3.83. The molecule has 94 valence electrons. The SMILES string of the molecule is CC(=O)N[C@@H](Cc1c[nH]c2ccccc12)C(=O)[O-].[Na+]. The van der Waals surface area contributed by atoms with Crippen LogP contribution in [0.5, 0.6) is 0 Å². The van der Waals surface area contributed by atoms with Crippen molar-refractivity contribution in [2.24, 2.45) is 0 Å². The molecule has 5 nitrogen and oxygen atoms in total. The van der Waals surface area contributed by atoms with Gasteiger partial charge in [-0.25, -0.2) is 0 Å². The van der Waals surface area contributed by atoms with E-state index in [0.29, 0.717) is 0 Å². The van der Waals surface area contributed by atoms with E-state index in [4.69, 9.17) is 0 Å². The largest absolute Gasteiger partial charge is 1.00 e. The van der Waals surface area contributed by atoms with Crippen molar-refractivity contribution in [3.05, 3.63) is 36.0 Å². The van der Waals surface area contributed by atoms with Crippen LogP contribution >= 0.6 is 0 Å². The molecule has 0 fully saturated rings. The molecule has 0 saturated heterocycles. The normalized spacial score (nSPS) is 11.6. The Balaban J connectivity index is 0.00000180. The van der Waals surface area contributed by atoms with E-state index in [0.717, 1.165) is 16.5 Å². The molecule has 1 amide bonds. The molecule has 1 aromatic heterocycles. The van der Waals surface area contributed by atoms with Crippen LogP contribution in [0.15, 0.2) is 30.5 Å². The summed E-state index contributed by atoms with van der Waals surface area (Å²) >= 11 is 0. The van der Waals surface area contributed by atoms with Crippen molar-refractivity contribution in [2.45, 2.75) is 19.4 Å². The van der Waals surface area contributed by atoms with Gasteiger partial charge in [0.15, 0.2) is 0 Å². The number of carbonyl (C=O) groups excluding carboxylic acids is 2. The fraction of sp³-hybridized carbons (Fsp3) is 0.231. The molecule has 0 radical (unpaired) electrons. The van der Waals surface area contributed by atoms with Crippen molar-refractivity contribution in [1.82, 2.24) is 10.3 Å². The van der Waals surface area contributed by atoms with Gasteiger partial charge < -0.3 is 20.2 Å². The fourth-order valence-electron chi connectivity index (χ4n) is 1.96. The summed E-state index contributed by atoms with van der Waals surface area (Å²) in [6.45, 7) is 1.28. The first-order valence-corrected chi connectivity index (χ1v) is 5.61. The molecule has 2 rings (SSSR count). The second kappa shape index (κ2) is 6.75. The average Bonchev–Trinajstić information content (AvgIpc) is 2.71. The topological polar surface area (TPSA) is 85.0 Å². The summed E-state index contributed by atoms with van der Waals surface area (Å²) in [5.74, 6) is -1.67. The summed E-state index contributed by atoms with van der Waals surface area (Å²) in [6.07, 6.45) is 1.95. The minimum atomic E-state index is -1.28. The maximum atomic E-state index is 11.0. The molecule has 1 heterocycles. The minimum Gasteiger partial charge on any atom is -0.548 e. The Morgan fingerprint density at radius 1 is 1.37 bits per heavy atom. The van der Waals surface area contributed by atoms with Crippen molar-refractivity contribution >= 4 is 22.8 Å². The van der Waals surface area contributed by atoms with Crippen LogP contribution < -0.4 is 40.0 Å². The number of para-hydroxylation sites is 1. The first-order chi connectivity index (χ1) is 8.58. The van der Waals surface area contributed by atoms with Crippen molar-refractivity contribution in [1.29, 1.82) is 0 Å². The van der Waals surface area contributed by atoms with Crippen molar-refractivity contribution in [2.75, 3.05) is 0 Å². The second-order valence-electron chi connectivity index (χ2n) is 4.14. The summed E-state index contributed by atoms with van der Waals surface area (Å²) < 4.78 is 0. The summed E-state index contributed by atoms with van der Waals surface area (Å²) in [7, 11) is 0. The van der Waals surface area contributed by atoms with Crippen LogP contribution in [0.2, 0.25) is 0 Å². The molecule has 6 heteroatoms. The van der Waals surface area contributed by atoms with Crippen LogP contribution in [0, 0.1) is 0 Å². The Morgan fingerprint density at radius 3 is 2.68 bits per heavy atom. The van der Waals surface area contributed by atoms with Gasteiger partial charge in [0.1, 0.15) is 0 Å². The van der Waals surface area contributed by atoms with E-state index < -0.39 is 12.0 Å². The Kier molecular flexibility index (Phi) is 5.60. The van der Waals surface area contributed by atoms with E-state index in [9.17, 15) is 14.7 Å². The summed E-state index contributed by atoms with van der Waals surface area (Å²) in [4.78, 5) is 25.0. The molecule has 0 spiro atoms. The molecule has 0 aliphatic heterocycles. The molecule has 0 aliphatic rings. The van der Waals surface area contributed by atoms with Gasteiger partial charge in [0, 0.05) is 30.4 Å². The molecule has 2 N–H and O–H groups in total. The molecule has 0 saturated carbocycles. The predicted octanol–water partition coefficient (Wildman–Crippen LogP) is -3.03. The van der Waals surface area contributed by atoms with Gasteiger partial charge in [0.25, 0.3) is 0 Å². The van der Waals surface area contributed by atoms with E-state index >= 15 is 0 Å². The zero-order valence-electron chi connectivity index (χ0n) is 10.9. The Bertz CT molecular complexity index is 594. The summed E-state index contributed by atoms with van der Waals surface area (Å²) in [6, 6.07) is 6.58. The van der Waals surface area contributed by atoms with E-state index in [-0.39, 0.29) is 41.9 Å². The summed E-state index contributed by atoms with van der Waals surface area (Å²) in [5, 5.41) is 14.3. The zero-order chi connectivity index (χ0) is 13.1. The van der Waals surface area contributed by atoms with E-state index in [1.54, 1.807) is 6.20 Å². The number of nitrogens with one attached hydrogen (secondary N) is 2. The number of carbonyl (C=O) groups is 2. The monoisotopic (exact) mass is 268 g/mol. The predicted molar refractivity (Wildman–Crippen MR) is 64.6 cm³/mol. The molecule has 0 bridgehead atoms. The first-order valence-electron chi connectivity index (χ1n) is 5.61. The molecule has 0 aliphatic carbocycles. The third-order valence-electron chi connectivity index (χ3n) is 2.76. The number of carboxylic acid groups (broad SMARTS) is 1. The molecular formula is C13H13N2NaO3. The number of aromatic nitrogens is 1. The van der Waals surface area contributed by atoms with Crippen LogP contribution in [0.1, 0.15) is 12.5 Å². The van der Waals surface area contributed by atoms with Gasteiger partial charge in [0.05, 0.1) is 12.0 Å². The number of hydrogen-bond donors (Lipinski definition) is 2. The van der Waals surface area contributed by atoms with Crippen LogP contribution in [0.3, 0.4) is 0 Å². The molecule has 19 heavy (non-hydrogen) atoms. The van der Waals surface area contributed by atoms with Gasteiger partial charge in [-0.05, 0) is 11.6 Å². The van der Waals surface area contributed by atoms with E-state index in [2.05, 4.69) is 10.3 Å². The number of amides is 1. The second-order valence-corrected chi connectivity index (χ2v) is 4.14. The number of rotatable bonds is 4. The summed E-state index contributed by atoms with van der Waals surface area (Å²) in [5.41, 5.74) is 1.78. The van der Waals surface area contributed by atoms with Gasteiger partial charge in [0.2, 0.25) is 5.91 Å². The maximum Gasteiger partial charge on any atom is 1.00 e. The Hall–Kier alpha value is -1.30. The molecule has 1 aromatic carbocycles. The Morgan fingerprint density at radius 2 is 2.05 bits per heavy atom. The number of aromatic amines is 1. The van der Waals surface area contributed by atoms with Gasteiger partial charge in [-0.3, -0.25) is 4.79 Å². The van der Waals surface area contributed by atoms with Gasteiger partial charge in [-0.2, -0.15) is 0 Å². The van der Waals surface area contributed by atoms with E-state index in [1.807, 2.05) is 24.3 Å². The van der Waals surface area contributed by atoms with Crippen LogP contribution in [0.25, 0.3) is 10.9 Å². The number of H-pyrrole nitrogens is 1. The standard InChI is InChI=1S/C13H14N2O3.Na/c1-8(16)15-12(13(17)18)6-9-7-14-11-5-3-2-4-10(9)11;/h2-5,7,12,14H,6H2,1H3,(H,15,16)(H,17,18);/q;+1/p-1/t12-;/m0./s1. The molecular weight excluding hydrogens is 255 g/mol. The molecule has 0 unspecified atom stereocenters. The van der Waals surface area contributed by atoms with Gasteiger partial charge in [-0.15, -0.1) is 0 Å². The quantitative estimate of drug-likeness (QED) is 0.578. The van der Waals surface area contributed by atoms with Crippen LogP contribution in [0.4, 0.5) is 0 Å². The number of aliphatic carboxylic acids is 1. The van der Waals surface area contributed by atoms with Crippen molar-refractivity contribution in [3.8, 4) is 0 Å². The third-order valence-corrected chi connectivity index (χ3v) is 2.76. The average molecular weight is 268 g/mol. The fourth-order valence-corrected chi connectivity index (χ4v) is 1.96. The van der Waals surface area contributed by atoms with Crippen LogP contribution in [-0.2, 0) is 16.0 Å². The first kappa shape index (κ1) is 15.8. The molecule has 1 atom stereocenters. The number of fused-ring (bicyclic) bond motifs is 1. The number of benzene rings is 1. The Labute approximate surface area is 132 Å². The zero-order valence-corrected chi connectivity index (χ0v) is 12.9. The number of carboxylic acids is 1. The number of hydrogen-bond acceptors (Lipinski definition) is 3. The van der Waals surface area contributed by atoms with Crippen LogP contribution in [-0.4, -0.2) is 22.9 Å². The molecule has 2 aromatic rings. The smallest absolute Gasteiger partial charge is 0.548 e. The van der Waals surface area contributed by atoms with E-state index in [1.165, 1.54) is 6.92 Å². The minimum absolute atomic E-state index is 0. The van der Waals surface area contributed by atoms with Crippen molar-refractivity contribution in [3.63, 3.8) is 0 Å². The van der Waals surface area contributed by atoms with Gasteiger partial charge in [-0.1, -0.05) is 18.2 Å². The van der Waals surface area contributed by atoms with Gasteiger partial charge >= 0.3 is 29.6 Å². The maximum absolute atomic E-state index is 11.0.